The number of H-pyrrole nitrogens is 1. The van der Waals surface area contributed by atoms with Gasteiger partial charge in [0.2, 0.25) is 5.95 Å². The van der Waals surface area contributed by atoms with Crippen molar-refractivity contribution >= 4 is 24.7 Å². The Morgan fingerprint density at radius 2 is 2.45 bits per heavy atom. The van der Waals surface area contributed by atoms with Gasteiger partial charge in [-0.15, -0.1) is 0 Å². The lowest BCUT2D eigenvalue weighted by atomic mass is 10.3. The van der Waals surface area contributed by atoms with Crippen LogP contribution < -0.4 is 11.3 Å². The van der Waals surface area contributed by atoms with Gasteiger partial charge in [0.25, 0.3) is 5.56 Å². The normalized spacial score (nSPS) is 26.9. The van der Waals surface area contributed by atoms with Gasteiger partial charge in [0.05, 0.1) is 19.5 Å². The van der Waals surface area contributed by atoms with Crippen LogP contribution in [0.15, 0.2) is 11.1 Å². The SMILES string of the molecule is Nc1nc2c(ncn2C[C@H]2COP(=O)(O)CO2)c(=O)[nH]1. The Morgan fingerprint density at radius 3 is 3.15 bits per heavy atom. The van der Waals surface area contributed by atoms with Crippen molar-refractivity contribution in [3.8, 4) is 0 Å². The highest BCUT2D eigenvalue weighted by Gasteiger charge is 2.30. The zero-order valence-corrected chi connectivity index (χ0v) is 11.1. The van der Waals surface area contributed by atoms with Crippen LogP contribution in [0.3, 0.4) is 0 Å². The third-order valence-electron chi connectivity index (χ3n) is 2.83. The average Bonchev–Trinajstić information content (AvgIpc) is 2.75. The first-order chi connectivity index (χ1) is 9.44. The van der Waals surface area contributed by atoms with E-state index in [2.05, 4.69) is 15.0 Å². The molecule has 11 heteroatoms. The summed E-state index contributed by atoms with van der Waals surface area (Å²) in [6.45, 7) is 0.262. The van der Waals surface area contributed by atoms with Gasteiger partial charge < -0.3 is 24.5 Å². The topological polar surface area (TPSA) is 145 Å². The fourth-order valence-corrected chi connectivity index (χ4v) is 2.79. The molecular formula is C9H12N5O5P. The first-order valence-electron chi connectivity index (χ1n) is 5.73. The summed E-state index contributed by atoms with van der Waals surface area (Å²) in [6, 6.07) is 0. The zero-order valence-electron chi connectivity index (χ0n) is 10.2. The van der Waals surface area contributed by atoms with Crippen LogP contribution in [0.4, 0.5) is 5.95 Å². The largest absolute Gasteiger partial charge is 0.369 e. The summed E-state index contributed by atoms with van der Waals surface area (Å²) in [5.41, 5.74) is 5.56. The van der Waals surface area contributed by atoms with E-state index >= 15 is 0 Å². The number of aromatic nitrogens is 4. The quantitative estimate of drug-likeness (QED) is 0.615. The molecule has 2 atom stereocenters. The van der Waals surface area contributed by atoms with Crippen LogP contribution in [0, 0.1) is 0 Å². The summed E-state index contributed by atoms with van der Waals surface area (Å²) in [5.74, 6) is -0.00933. The van der Waals surface area contributed by atoms with Gasteiger partial charge in [0.1, 0.15) is 12.5 Å². The van der Waals surface area contributed by atoms with E-state index in [0.29, 0.717) is 5.65 Å². The number of fused-ring (bicyclic) bond motifs is 1. The lowest BCUT2D eigenvalue weighted by Crippen LogP contribution is -2.30. The van der Waals surface area contributed by atoms with E-state index in [4.69, 9.17) is 15.0 Å². The number of nitrogen functional groups attached to an aromatic ring is 1. The van der Waals surface area contributed by atoms with Crippen molar-refractivity contribution in [1.29, 1.82) is 0 Å². The lowest BCUT2D eigenvalue weighted by molar-refractivity contribution is -0.00744. The van der Waals surface area contributed by atoms with E-state index in [1.54, 1.807) is 4.57 Å². The third-order valence-corrected chi connectivity index (χ3v) is 3.86. The van der Waals surface area contributed by atoms with E-state index in [-0.39, 0.29) is 31.0 Å². The summed E-state index contributed by atoms with van der Waals surface area (Å²) in [7, 11) is -3.62. The second kappa shape index (κ2) is 4.67. The number of imidazole rings is 1. The smallest absolute Gasteiger partial charge is 0.353 e. The highest BCUT2D eigenvalue weighted by atomic mass is 31.2. The molecule has 1 saturated heterocycles. The molecule has 1 fully saturated rings. The molecule has 2 aromatic rings. The molecule has 3 rings (SSSR count). The van der Waals surface area contributed by atoms with Gasteiger partial charge in [-0.05, 0) is 0 Å². The number of ether oxygens (including phenoxy) is 1. The maximum absolute atomic E-state index is 11.6. The highest BCUT2D eigenvalue weighted by Crippen LogP contribution is 2.45. The Labute approximate surface area is 112 Å². The van der Waals surface area contributed by atoms with Crippen molar-refractivity contribution < 1.29 is 18.7 Å². The number of nitrogens with one attached hydrogen (secondary N) is 1. The molecule has 0 radical (unpaired) electrons. The van der Waals surface area contributed by atoms with E-state index < -0.39 is 19.3 Å². The predicted octanol–water partition coefficient (Wildman–Crippen LogP) is -0.740. The fraction of sp³-hybridized carbons (Fsp3) is 0.444. The molecule has 3 heterocycles. The predicted molar refractivity (Wildman–Crippen MR) is 68.1 cm³/mol. The molecule has 1 aliphatic heterocycles. The van der Waals surface area contributed by atoms with Crippen molar-refractivity contribution in [3.05, 3.63) is 16.7 Å². The highest BCUT2D eigenvalue weighted by molar-refractivity contribution is 7.52. The maximum Gasteiger partial charge on any atom is 0.353 e. The van der Waals surface area contributed by atoms with Crippen LogP contribution in [-0.2, 0) is 20.4 Å². The first-order valence-corrected chi connectivity index (χ1v) is 7.49. The Morgan fingerprint density at radius 1 is 1.65 bits per heavy atom. The van der Waals surface area contributed by atoms with E-state index in [9.17, 15) is 14.3 Å². The van der Waals surface area contributed by atoms with Crippen LogP contribution in [0.2, 0.25) is 0 Å². The summed E-state index contributed by atoms with van der Waals surface area (Å²) in [6.07, 6.45) is 0.646. The zero-order chi connectivity index (χ0) is 14.3. The van der Waals surface area contributed by atoms with Crippen LogP contribution in [-0.4, -0.2) is 43.5 Å². The molecule has 0 spiro atoms. The standard InChI is InChI=1S/C9H12N5O5P/c10-9-12-7-6(8(15)13-9)11-3-14(7)1-5-2-19-20(16,17)4-18-5/h3,5H,1-2,4H2,(H,16,17)(H3,10,12,13,15)/t5-/m0/s1. The second-order valence-corrected chi connectivity index (χ2v) is 6.16. The van der Waals surface area contributed by atoms with Gasteiger partial charge in [0, 0.05) is 0 Å². The molecule has 108 valence electrons. The minimum atomic E-state index is -3.62. The van der Waals surface area contributed by atoms with E-state index in [1.165, 1.54) is 6.33 Å². The molecule has 0 aliphatic carbocycles. The monoisotopic (exact) mass is 301 g/mol. The number of aromatic amines is 1. The van der Waals surface area contributed by atoms with Gasteiger partial charge in [0.15, 0.2) is 11.2 Å². The molecule has 0 amide bonds. The molecule has 4 N–H and O–H groups in total. The van der Waals surface area contributed by atoms with Gasteiger partial charge in [-0.25, -0.2) is 4.98 Å². The van der Waals surface area contributed by atoms with Crippen molar-refractivity contribution in [2.75, 3.05) is 18.7 Å². The van der Waals surface area contributed by atoms with Gasteiger partial charge >= 0.3 is 7.60 Å². The molecule has 20 heavy (non-hydrogen) atoms. The van der Waals surface area contributed by atoms with Crippen molar-refractivity contribution in [3.63, 3.8) is 0 Å². The minimum Gasteiger partial charge on any atom is -0.369 e. The van der Waals surface area contributed by atoms with Crippen LogP contribution >= 0.6 is 7.60 Å². The fourth-order valence-electron chi connectivity index (χ4n) is 1.91. The van der Waals surface area contributed by atoms with Crippen molar-refractivity contribution in [2.45, 2.75) is 12.6 Å². The molecule has 0 aromatic carbocycles. The summed E-state index contributed by atoms with van der Waals surface area (Å²) < 4.78 is 22.9. The van der Waals surface area contributed by atoms with Crippen LogP contribution in [0.1, 0.15) is 0 Å². The van der Waals surface area contributed by atoms with Crippen LogP contribution in [0.5, 0.6) is 0 Å². The number of hydrogen-bond donors (Lipinski definition) is 3. The number of nitrogens with two attached hydrogens (primary N) is 1. The number of hydrogen-bond acceptors (Lipinski definition) is 7. The molecule has 0 saturated carbocycles. The number of rotatable bonds is 2. The second-order valence-electron chi connectivity index (χ2n) is 4.37. The van der Waals surface area contributed by atoms with Gasteiger partial charge in [-0.3, -0.25) is 14.3 Å². The van der Waals surface area contributed by atoms with Crippen molar-refractivity contribution in [2.24, 2.45) is 0 Å². The summed E-state index contributed by atoms with van der Waals surface area (Å²) in [4.78, 5) is 31.1. The number of anilines is 1. The Hall–Kier alpha value is -1.74. The van der Waals surface area contributed by atoms with Crippen LogP contribution in [0.25, 0.3) is 11.2 Å². The third kappa shape index (κ3) is 2.46. The molecule has 1 unspecified atom stereocenters. The Balaban J connectivity index is 1.85. The molecule has 2 aromatic heterocycles. The van der Waals surface area contributed by atoms with Gasteiger partial charge in [-0.1, -0.05) is 0 Å². The molecular weight excluding hydrogens is 289 g/mol. The van der Waals surface area contributed by atoms with E-state index in [1.807, 2.05) is 0 Å². The first kappa shape index (κ1) is 13.3. The van der Waals surface area contributed by atoms with Gasteiger partial charge in [-0.2, -0.15) is 4.98 Å². The maximum atomic E-state index is 11.6. The Kier molecular flexibility index (Phi) is 3.09. The van der Waals surface area contributed by atoms with Crippen molar-refractivity contribution in [1.82, 2.24) is 19.5 Å². The summed E-state index contributed by atoms with van der Waals surface area (Å²) in [5, 5.41) is 0. The van der Waals surface area contributed by atoms with E-state index in [0.717, 1.165) is 0 Å². The minimum absolute atomic E-state index is 0.00933. The summed E-state index contributed by atoms with van der Waals surface area (Å²) >= 11 is 0. The molecule has 10 nitrogen and oxygen atoms in total. The molecule has 0 bridgehead atoms. The average molecular weight is 301 g/mol. The lowest BCUT2D eigenvalue weighted by Gasteiger charge is -2.26. The molecule has 1 aliphatic rings. The number of nitrogens with zero attached hydrogens (tertiary/aromatic N) is 3. The Bertz CT molecular complexity index is 743.